The second-order valence-electron chi connectivity index (χ2n) is 4.95. The van der Waals surface area contributed by atoms with Gasteiger partial charge in [0.05, 0.1) is 5.69 Å². The largest absolute Gasteiger partial charge is 0.480 e. The predicted octanol–water partition coefficient (Wildman–Crippen LogP) is 2.34. The number of carboxylic acid groups (broad SMARTS) is 1. The van der Waals surface area contributed by atoms with Crippen LogP contribution < -0.4 is 5.32 Å². The van der Waals surface area contributed by atoms with Crippen LogP contribution in [0.1, 0.15) is 21.8 Å². The average Bonchev–Trinajstić information content (AvgIpc) is 2.94. The van der Waals surface area contributed by atoms with E-state index in [4.69, 9.17) is 9.84 Å². The second-order valence-corrected chi connectivity index (χ2v) is 5.94. The Labute approximate surface area is 138 Å². The zero-order chi connectivity index (χ0) is 16.8. The lowest BCUT2D eigenvalue weighted by atomic mass is 10.2. The molecule has 0 aliphatic carbocycles. The number of carboxylic acids is 1. The second kappa shape index (κ2) is 7.85. The fourth-order valence-electron chi connectivity index (χ4n) is 2.03. The normalized spacial score (nSPS) is 11.9. The van der Waals surface area contributed by atoms with Crippen molar-refractivity contribution in [3.63, 3.8) is 0 Å². The first-order chi connectivity index (χ1) is 11.0. The van der Waals surface area contributed by atoms with E-state index in [0.717, 1.165) is 10.6 Å². The minimum Gasteiger partial charge on any atom is -0.480 e. The highest BCUT2D eigenvalue weighted by Gasteiger charge is 2.23. The molecule has 0 bridgehead atoms. The van der Waals surface area contributed by atoms with Crippen LogP contribution in [0.3, 0.4) is 0 Å². The zero-order valence-corrected chi connectivity index (χ0v) is 13.7. The third kappa shape index (κ3) is 4.37. The fraction of sp³-hybridized carbons (Fsp3) is 0.312. The molecule has 7 heteroatoms. The first-order valence-corrected chi connectivity index (χ1v) is 7.90. The number of hydrogen-bond donors (Lipinski definition) is 2. The molecule has 0 aliphatic heterocycles. The average molecular weight is 334 g/mol. The number of thiazole rings is 1. The molecule has 1 heterocycles. The molecule has 0 spiro atoms. The van der Waals surface area contributed by atoms with Crippen molar-refractivity contribution in [1.82, 2.24) is 10.3 Å². The Morgan fingerprint density at radius 1 is 1.35 bits per heavy atom. The van der Waals surface area contributed by atoms with E-state index in [0.29, 0.717) is 10.6 Å². The molecule has 0 saturated heterocycles. The van der Waals surface area contributed by atoms with Crippen LogP contribution in [0, 0.1) is 6.92 Å². The number of nitrogens with one attached hydrogen (secondary N) is 1. The highest BCUT2D eigenvalue weighted by molar-refractivity contribution is 7.17. The maximum Gasteiger partial charge on any atom is 0.326 e. The summed E-state index contributed by atoms with van der Waals surface area (Å²) < 4.78 is 4.87. The number of aryl methyl sites for hydroxylation is 1. The molecule has 0 aliphatic rings. The van der Waals surface area contributed by atoms with Crippen LogP contribution in [0.4, 0.5) is 0 Å². The van der Waals surface area contributed by atoms with Gasteiger partial charge in [0, 0.05) is 25.7 Å². The molecule has 1 aromatic heterocycles. The van der Waals surface area contributed by atoms with Gasteiger partial charge in [-0.25, -0.2) is 9.78 Å². The van der Waals surface area contributed by atoms with Gasteiger partial charge in [0.2, 0.25) is 0 Å². The molecule has 2 rings (SSSR count). The molecular weight excluding hydrogens is 316 g/mol. The van der Waals surface area contributed by atoms with Gasteiger partial charge >= 0.3 is 5.97 Å². The first kappa shape index (κ1) is 17.1. The van der Waals surface area contributed by atoms with E-state index in [1.807, 2.05) is 30.3 Å². The van der Waals surface area contributed by atoms with E-state index in [1.165, 1.54) is 18.4 Å². The molecular formula is C16H18N2O4S. The van der Waals surface area contributed by atoms with Crippen molar-refractivity contribution >= 4 is 23.2 Å². The monoisotopic (exact) mass is 334 g/mol. The van der Waals surface area contributed by atoms with Gasteiger partial charge in [-0.05, 0) is 6.92 Å². The van der Waals surface area contributed by atoms with Crippen molar-refractivity contribution in [1.29, 1.82) is 0 Å². The topological polar surface area (TPSA) is 88.5 Å². The lowest BCUT2D eigenvalue weighted by Crippen LogP contribution is -2.41. The Kier molecular flexibility index (Phi) is 5.84. The number of nitrogens with zero attached hydrogens (tertiary/aromatic N) is 1. The molecule has 1 unspecified atom stereocenters. The van der Waals surface area contributed by atoms with E-state index < -0.39 is 17.9 Å². The molecule has 6 nitrogen and oxygen atoms in total. The van der Waals surface area contributed by atoms with Crippen molar-refractivity contribution in [2.24, 2.45) is 0 Å². The summed E-state index contributed by atoms with van der Waals surface area (Å²) in [7, 11) is 1.49. The zero-order valence-electron chi connectivity index (χ0n) is 12.9. The fourth-order valence-corrected chi connectivity index (χ4v) is 3.00. The first-order valence-electron chi connectivity index (χ1n) is 7.08. The third-order valence-electron chi connectivity index (χ3n) is 3.24. The summed E-state index contributed by atoms with van der Waals surface area (Å²) in [6.07, 6.45) is 0.209. The number of aromatic nitrogens is 1. The number of benzene rings is 1. The SMILES string of the molecule is COCCC(NC(=O)c1sc(-c2ccccc2)nc1C)C(=O)O. The van der Waals surface area contributed by atoms with Gasteiger partial charge in [0.15, 0.2) is 0 Å². The Morgan fingerprint density at radius 3 is 2.65 bits per heavy atom. The maximum atomic E-state index is 12.3. The van der Waals surface area contributed by atoms with Gasteiger partial charge < -0.3 is 15.2 Å². The summed E-state index contributed by atoms with van der Waals surface area (Å²) in [4.78, 5) is 28.4. The van der Waals surface area contributed by atoms with Crippen LogP contribution in [0.5, 0.6) is 0 Å². The number of carbonyl (C=O) groups is 2. The van der Waals surface area contributed by atoms with Crippen molar-refractivity contribution in [3.05, 3.63) is 40.9 Å². The van der Waals surface area contributed by atoms with Crippen LogP contribution in [0.25, 0.3) is 10.6 Å². The highest BCUT2D eigenvalue weighted by Crippen LogP contribution is 2.27. The lowest BCUT2D eigenvalue weighted by Gasteiger charge is -2.13. The summed E-state index contributed by atoms with van der Waals surface area (Å²) >= 11 is 1.25. The molecule has 1 amide bonds. The standard InChI is InChI=1S/C16H18N2O4S/c1-10-13(14(19)18-12(16(20)21)8-9-22-2)23-15(17-10)11-6-4-3-5-7-11/h3-7,12H,8-9H2,1-2H3,(H,18,19)(H,20,21). The smallest absolute Gasteiger partial charge is 0.326 e. The molecule has 2 aromatic rings. The molecule has 23 heavy (non-hydrogen) atoms. The van der Waals surface area contributed by atoms with E-state index in [2.05, 4.69) is 10.3 Å². The summed E-state index contributed by atoms with van der Waals surface area (Å²) in [5, 5.41) is 12.4. The molecule has 1 atom stereocenters. The Hall–Kier alpha value is -2.25. The molecule has 0 radical (unpaired) electrons. The van der Waals surface area contributed by atoms with Gasteiger partial charge in [-0.3, -0.25) is 4.79 Å². The molecule has 2 N–H and O–H groups in total. The number of carbonyl (C=O) groups excluding carboxylic acids is 1. The van der Waals surface area contributed by atoms with Gasteiger partial charge in [-0.1, -0.05) is 30.3 Å². The maximum absolute atomic E-state index is 12.3. The van der Waals surface area contributed by atoms with E-state index in [-0.39, 0.29) is 13.0 Å². The number of hydrogen-bond acceptors (Lipinski definition) is 5. The van der Waals surface area contributed by atoms with E-state index >= 15 is 0 Å². The van der Waals surface area contributed by atoms with Crippen LogP contribution >= 0.6 is 11.3 Å². The summed E-state index contributed by atoms with van der Waals surface area (Å²) in [5.41, 5.74) is 1.51. The Morgan fingerprint density at radius 2 is 2.04 bits per heavy atom. The van der Waals surface area contributed by atoms with Gasteiger partial charge in [0.25, 0.3) is 5.91 Å². The van der Waals surface area contributed by atoms with Crippen LogP contribution in [-0.2, 0) is 9.53 Å². The van der Waals surface area contributed by atoms with Crippen molar-refractivity contribution in [3.8, 4) is 10.6 Å². The van der Waals surface area contributed by atoms with Gasteiger partial charge in [-0.15, -0.1) is 11.3 Å². The number of rotatable bonds is 7. The van der Waals surface area contributed by atoms with Crippen LogP contribution in [0.15, 0.2) is 30.3 Å². The Bertz CT molecular complexity index is 685. The van der Waals surface area contributed by atoms with E-state index in [9.17, 15) is 9.59 Å². The third-order valence-corrected chi connectivity index (χ3v) is 4.44. The quantitative estimate of drug-likeness (QED) is 0.811. The predicted molar refractivity (Wildman–Crippen MR) is 87.7 cm³/mol. The van der Waals surface area contributed by atoms with Crippen molar-refractivity contribution in [2.75, 3.05) is 13.7 Å². The van der Waals surface area contributed by atoms with Crippen LogP contribution in [-0.4, -0.2) is 41.7 Å². The molecule has 0 fully saturated rings. The summed E-state index contributed by atoms with van der Waals surface area (Å²) in [6, 6.07) is 8.56. The van der Waals surface area contributed by atoms with Gasteiger partial charge in [-0.2, -0.15) is 0 Å². The summed E-state index contributed by atoms with van der Waals surface area (Å²) in [5.74, 6) is -1.51. The molecule has 1 aromatic carbocycles. The number of aliphatic carboxylic acids is 1. The Balaban J connectivity index is 2.16. The van der Waals surface area contributed by atoms with Crippen molar-refractivity contribution in [2.45, 2.75) is 19.4 Å². The van der Waals surface area contributed by atoms with Crippen LogP contribution in [0.2, 0.25) is 0 Å². The van der Waals surface area contributed by atoms with Crippen molar-refractivity contribution < 1.29 is 19.4 Å². The number of methoxy groups -OCH3 is 1. The van der Waals surface area contributed by atoms with Gasteiger partial charge in [0.1, 0.15) is 15.9 Å². The minimum atomic E-state index is -1.08. The number of amides is 1. The number of ether oxygens (including phenoxy) is 1. The van der Waals surface area contributed by atoms with E-state index in [1.54, 1.807) is 6.92 Å². The molecule has 122 valence electrons. The minimum absolute atomic E-state index is 0.209. The highest BCUT2D eigenvalue weighted by atomic mass is 32.1. The summed E-state index contributed by atoms with van der Waals surface area (Å²) in [6.45, 7) is 2.00. The molecule has 0 saturated carbocycles. The lowest BCUT2D eigenvalue weighted by molar-refractivity contribution is -0.139.